The zero-order valence-corrected chi connectivity index (χ0v) is 22.6. The number of ether oxygens (including phenoxy) is 1. The van der Waals surface area contributed by atoms with Crippen molar-refractivity contribution in [3.05, 3.63) is 70.2 Å². The highest BCUT2D eigenvalue weighted by Crippen LogP contribution is 2.31. The van der Waals surface area contributed by atoms with Crippen molar-refractivity contribution in [1.82, 2.24) is 4.90 Å². The number of benzene rings is 2. The van der Waals surface area contributed by atoms with E-state index in [0.717, 1.165) is 36.1 Å². The fourth-order valence-electron chi connectivity index (χ4n) is 3.19. The molecule has 0 radical (unpaired) electrons. The van der Waals surface area contributed by atoms with Crippen LogP contribution in [-0.2, 0) is 14.3 Å². The van der Waals surface area contributed by atoms with E-state index in [0.29, 0.717) is 16.9 Å². The Hall–Kier alpha value is -1.73. The molecular weight excluding hydrogens is 493 g/mol. The first-order valence-corrected chi connectivity index (χ1v) is 13.2. The van der Waals surface area contributed by atoms with Crippen molar-refractivity contribution in [3.8, 4) is 0 Å². The van der Waals surface area contributed by atoms with Crippen LogP contribution in [0.4, 0.5) is 0 Å². The van der Waals surface area contributed by atoms with E-state index in [1.165, 1.54) is 0 Å². The van der Waals surface area contributed by atoms with Crippen molar-refractivity contribution in [1.29, 1.82) is 0 Å². The highest BCUT2D eigenvalue weighted by Gasteiger charge is 2.34. The van der Waals surface area contributed by atoms with Gasteiger partial charge in [-0.3, -0.25) is 9.59 Å². The number of amides is 1. The minimum Gasteiger partial charge on any atom is -0.481 e. The lowest BCUT2D eigenvalue weighted by Gasteiger charge is -2.41. The van der Waals surface area contributed by atoms with Crippen LogP contribution in [-0.4, -0.2) is 52.1 Å². The van der Waals surface area contributed by atoms with Crippen LogP contribution in [0.3, 0.4) is 0 Å². The van der Waals surface area contributed by atoms with E-state index in [-0.39, 0.29) is 24.6 Å². The Morgan fingerprint density at radius 1 is 1.09 bits per heavy atom. The molecule has 0 bridgehead atoms. The van der Waals surface area contributed by atoms with Gasteiger partial charge in [-0.1, -0.05) is 74.3 Å². The van der Waals surface area contributed by atoms with Crippen LogP contribution >= 0.6 is 35.0 Å². The summed E-state index contributed by atoms with van der Waals surface area (Å²) in [6.45, 7) is 8.43. The average molecular weight is 529 g/mol. The average Bonchev–Trinajstić information content (AvgIpc) is 2.81. The third kappa shape index (κ3) is 11.6. The summed E-state index contributed by atoms with van der Waals surface area (Å²) in [4.78, 5) is 23.6. The third-order valence-corrected chi connectivity index (χ3v) is 7.11. The molecule has 8 heteroatoms. The highest BCUT2D eigenvalue weighted by atomic mass is 35.5. The summed E-state index contributed by atoms with van der Waals surface area (Å²) in [5, 5.41) is 9.54. The lowest BCUT2D eigenvalue weighted by molar-refractivity contribution is -0.151. The second-order valence-corrected chi connectivity index (χ2v) is 10.2. The quantitative estimate of drug-likeness (QED) is 0.420. The van der Waals surface area contributed by atoms with Gasteiger partial charge in [0.1, 0.15) is 6.61 Å². The van der Waals surface area contributed by atoms with Crippen molar-refractivity contribution in [2.24, 2.45) is 0 Å². The second-order valence-electron chi connectivity index (χ2n) is 7.81. The zero-order chi connectivity index (χ0) is 25.5. The first-order valence-electron chi connectivity index (χ1n) is 11.4. The summed E-state index contributed by atoms with van der Waals surface area (Å²) in [6.07, 6.45) is 2.11. The Balaban J connectivity index is 0.000000432. The van der Waals surface area contributed by atoms with Crippen LogP contribution in [0.25, 0.3) is 0 Å². The van der Waals surface area contributed by atoms with E-state index >= 15 is 0 Å². The molecule has 1 saturated heterocycles. The molecule has 2 aromatic carbocycles. The molecule has 3 rings (SSSR count). The number of carbonyl (C=O) groups excluding carboxylic acids is 1. The standard InChI is InChI=1S/C18H26ClNO2S.C6H5Cl.C2H4O2/c1-4-13(3)23-12-16(5-2)20-17(10-22-11-18(20)21)14-6-8-15(19)9-7-14;7-6-4-2-1-3-5-6;1-2(3)4/h6-9,13,16-17H,4-5,10-12H2,1-3H3;1-5H;1H3,(H,3,4). The number of carboxylic acids is 1. The number of aliphatic carboxylic acids is 1. The summed E-state index contributed by atoms with van der Waals surface area (Å²) in [7, 11) is 0. The number of rotatable bonds is 7. The number of hydrogen-bond donors (Lipinski definition) is 1. The lowest BCUT2D eigenvalue weighted by atomic mass is 10.0. The van der Waals surface area contributed by atoms with Gasteiger partial charge >= 0.3 is 0 Å². The predicted octanol–water partition coefficient (Wildman–Crippen LogP) is 6.98. The van der Waals surface area contributed by atoms with E-state index in [2.05, 4.69) is 20.8 Å². The summed E-state index contributed by atoms with van der Waals surface area (Å²) in [6, 6.07) is 17.4. The van der Waals surface area contributed by atoms with E-state index in [1.54, 1.807) is 0 Å². The summed E-state index contributed by atoms with van der Waals surface area (Å²) >= 11 is 13.5. The molecule has 34 heavy (non-hydrogen) atoms. The van der Waals surface area contributed by atoms with Crippen molar-refractivity contribution in [3.63, 3.8) is 0 Å². The fourth-order valence-corrected chi connectivity index (χ4v) is 4.64. The monoisotopic (exact) mass is 527 g/mol. The van der Waals surface area contributed by atoms with Crippen molar-refractivity contribution >= 4 is 46.8 Å². The molecule has 1 amide bonds. The van der Waals surface area contributed by atoms with Crippen LogP contribution in [0.15, 0.2) is 54.6 Å². The van der Waals surface area contributed by atoms with Gasteiger partial charge in [-0.15, -0.1) is 0 Å². The van der Waals surface area contributed by atoms with Crippen LogP contribution < -0.4 is 0 Å². The molecule has 1 aliphatic heterocycles. The number of halogens is 2. The zero-order valence-electron chi connectivity index (χ0n) is 20.2. The maximum atomic E-state index is 12.5. The minimum atomic E-state index is -0.833. The first kappa shape index (κ1) is 30.3. The van der Waals surface area contributed by atoms with Crippen LogP contribution in [0, 0.1) is 0 Å². The lowest BCUT2D eigenvalue weighted by Crippen LogP contribution is -2.50. The molecular formula is C26H35Cl2NO4S. The van der Waals surface area contributed by atoms with Crippen molar-refractivity contribution < 1.29 is 19.4 Å². The Kier molecular flexibility index (Phi) is 15.0. The summed E-state index contributed by atoms with van der Waals surface area (Å²) in [5.41, 5.74) is 1.09. The Morgan fingerprint density at radius 2 is 1.65 bits per heavy atom. The van der Waals surface area contributed by atoms with Crippen LogP contribution in [0.5, 0.6) is 0 Å². The second kappa shape index (κ2) is 16.8. The molecule has 0 spiro atoms. The van der Waals surface area contributed by atoms with Gasteiger partial charge < -0.3 is 14.7 Å². The predicted molar refractivity (Wildman–Crippen MR) is 143 cm³/mol. The molecule has 0 aliphatic carbocycles. The molecule has 3 atom stereocenters. The number of nitrogens with zero attached hydrogens (tertiary/aromatic N) is 1. The van der Waals surface area contributed by atoms with Crippen LogP contribution in [0.2, 0.25) is 10.0 Å². The minimum absolute atomic E-state index is 0.0176. The molecule has 0 saturated carbocycles. The Bertz CT molecular complexity index is 848. The van der Waals surface area contributed by atoms with E-state index in [9.17, 15) is 4.79 Å². The van der Waals surface area contributed by atoms with Gasteiger partial charge in [0.25, 0.3) is 5.97 Å². The van der Waals surface area contributed by atoms with Crippen molar-refractivity contribution in [2.75, 3.05) is 19.0 Å². The van der Waals surface area contributed by atoms with Crippen molar-refractivity contribution in [2.45, 2.75) is 57.9 Å². The Labute approximate surface area is 217 Å². The van der Waals surface area contributed by atoms with Gasteiger partial charge in [-0.25, -0.2) is 0 Å². The maximum absolute atomic E-state index is 12.5. The molecule has 1 heterocycles. The normalized spacial score (nSPS) is 16.9. The van der Waals surface area contributed by atoms with Gasteiger partial charge in [-0.05, 0) is 42.7 Å². The Morgan fingerprint density at radius 3 is 2.12 bits per heavy atom. The molecule has 188 valence electrons. The SMILES string of the molecule is CC(=O)O.CCC(C)SCC(CC)N1C(=O)COCC1c1ccc(Cl)cc1.Clc1ccccc1. The highest BCUT2D eigenvalue weighted by molar-refractivity contribution is 7.99. The van der Waals surface area contributed by atoms with E-state index in [4.69, 9.17) is 37.8 Å². The molecule has 2 aromatic rings. The van der Waals surface area contributed by atoms with Gasteiger partial charge in [-0.2, -0.15) is 11.8 Å². The third-order valence-electron chi connectivity index (χ3n) is 5.13. The molecule has 1 N–H and O–H groups in total. The van der Waals surface area contributed by atoms with Gasteiger partial charge in [0.15, 0.2) is 0 Å². The molecule has 0 aromatic heterocycles. The summed E-state index contributed by atoms with van der Waals surface area (Å²) < 4.78 is 5.52. The number of carbonyl (C=O) groups is 2. The van der Waals surface area contributed by atoms with E-state index < -0.39 is 5.97 Å². The summed E-state index contributed by atoms with van der Waals surface area (Å²) in [5.74, 6) is 0.231. The number of carboxylic acid groups (broad SMARTS) is 1. The first-order chi connectivity index (χ1) is 16.2. The smallest absolute Gasteiger partial charge is 0.300 e. The van der Waals surface area contributed by atoms with Gasteiger partial charge in [0.05, 0.1) is 12.6 Å². The number of hydrogen-bond acceptors (Lipinski definition) is 4. The van der Waals surface area contributed by atoms with Crippen LogP contribution in [0.1, 0.15) is 52.1 Å². The topological polar surface area (TPSA) is 66.8 Å². The number of morpholine rings is 1. The molecule has 5 nitrogen and oxygen atoms in total. The number of thioether (sulfide) groups is 1. The largest absolute Gasteiger partial charge is 0.481 e. The van der Waals surface area contributed by atoms with Gasteiger partial charge in [0, 0.05) is 34.0 Å². The molecule has 3 unspecified atom stereocenters. The molecule has 1 aliphatic rings. The van der Waals surface area contributed by atoms with Gasteiger partial charge in [0.2, 0.25) is 5.91 Å². The van der Waals surface area contributed by atoms with E-state index in [1.807, 2.05) is 71.3 Å². The maximum Gasteiger partial charge on any atom is 0.300 e. The molecule has 1 fully saturated rings. The fraction of sp³-hybridized carbons (Fsp3) is 0.462.